The van der Waals surface area contributed by atoms with Gasteiger partial charge in [-0.15, -0.1) is 0 Å². The van der Waals surface area contributed by atoms with Gasteiger partial charge in [-0.1, -0.05) is 26.0 Å². The molecule has 1 unspecified atom stereocenters. The summed E-state index contributed by atoms with van der Waals surface area (Å²) in [6.07, 6.45) is 0.612. The molecule has 1 N–H and O–H groups in total. The van der Waals surface area contributed by atoms with Crippen LogP contribution in [-0.2, 0) is 14.8 Å². The molecule has 1 fully saturated rings. The Kier molecular flexibility index (Phi) is 8.34. The Morgan fingerprint density at radius 3 is 2.30 bits per heavy atom. The van der Waals surface area contributed by atoms with Crippen LogP contribution in [0, 0.1) is 5.92 Å². The Balaban J connectivity index is 1.91. The molecule has 0 aromatic heterocycles. The molecule has 0 aliphatic carbocycles. The molecule has 1 saturated heterocycles. The van der Waals surface area contributed by atoms with Crippen LogP contribution in [0.4, 0.5) is 0 Å². The summed E-state index contributed by atoms with van der Waals surface area (Å²) in [5.41, 5.74) is 1.05. The van der Waals surface area contributed by atoms with Gasteiger partial charge in [-0.3, -0.25) is 4.79 Å². The summed E-state index contributed by atoms with van der Waals surface area (Å²) in [5.74, 6) is 1.01. The molecule has 1 atom stereocenters. The van der Waals surface area contributed by atoms with E-state index in [4.69, 9.17) is 14.2 Å². The van der Waals surface area contributed by atoms with Gasteiger partial charge in [0, 0.05) is 19.1 Å². The van der Waals surface area contributed by atoms with Crippen molar-refractivity contribution in [3.8, 4) is 11.5 Å². The summed E-state index contributed by atoms with van der Waals surface area (Å²) in [6.45, 7) is 5.88. The third kappa shape index (κ3) is 6.25. The van der Waals surface area contributed by atoms with Crippen molar-refractivity contribution in [1.29, 1.82) is 0 Å². The molecule has 2 aromatic rings. The second-order valence-corrected chi connectivity index (χ2v) is 10.1. The fraction of sp³-hybridized carbons (Fsp3) is 0.458. The van der Waals surface area contributed by atoms with Crippen molar-refractivity contribution < 1.29 is 27.4 Å². The highest BCUT2D eigenvalue weighted by Crippen LogP contribution is 2.28. The molecule has 3 rings (SSSR count). The van der Waals surface area contributed by atoms with Crippen LogP contribution in [0.5, 0.6) is 11.5 Å². The highest BCUT2D eigenvalue weighted by atomic mass is 32.2. The zero-order valence-electron chi connectivity index (χ0n) is 19.5. The number of hydrogen-bond acceptors (Lipinski definition) is 6. The first-order chi connectivity index (χ1) is 15.7. The number of nitrogens with zero attached hydrogens (tertiary/aromatic N) is 1. The highest BCUT2D eigenvalue weighted by Gasteiger charge is 2.27. The van der Waals surface area contributed by atoms with E-state index in [-0.39, 0.29) is 22.3 Å². The van der Waals surface area contributed by atoms with Gasteiger partial charge in [-0.05, 0) is 48.2 Å². The van der Waals surface area contributed by atoms with E-state index in [1.165, 1.54) is 25.3 Å². The first kappa shape index (κ1) is 25.0. The second kappa shape index (κ2) is 11.0. The monoisotopic (exact) mass is 476 g/mol. The van der Waals surface area contributed by atoms with Crippen LogP contribution < -0.4 is 14.2 Å². The standard InChI is InChI=1S/C24H32N2O6S/c1-17(2)15-22(18-5-7-19(30-3)8-6-18)25-33(28,29)20-9-10-23(31-4)21(16-20)24(27)26-11-13-32-14-12-26/h5-10,16-17,22,25H,11-15H2,1-4H3. The van der Waals surface area contributed by atoms with Crippen molar-refractivity contribution in [2.24, 2.45) is 5.92 Å². The first-order valence-corrected chi connectivity index (χ1v) is 12.4. The summed E-state index contributed by atoms with van der Waals surface area (Å²) in [5, 5.41) is 0. The molecule has 1 aliphatic heterocycles. The summed E-state index contributed by atoms with van der Waals surface area (Å²) in [6, 6.07) is 11.3. The van der Waals surface area contributed by atoms with Crippen LogP contribution in [0.2, 0.25) is 0 Å². The number of methoxy groups -OCH3 is 2. The Bertz CT molecular complexity index is 1050. The molecule has 1 amide bonds. The molecule has 9 heteroatoms. The molecule has 0 radical (unpaired) electrons. The van der Waals surface area contributed by atoms with E-state index in [1.54, 1.807) is 12.0 Å². The van der Waals surface area contributed by atoms with Crippen molar-refractivity contribution >= 4 is 15.9 Å². The predicted octanol–water partition coefficient (Wildman–Crippen LogP) is 3.24. The molecule has 180 valence electrons. The maximum atomic E-state index is 13.3. The topological polar surface area (TPSA) is 94.2 Å². The van der Waals surface area contributed by atoms with Crippen LogP contribution in [0.25, 0.3) is 0 Å². The van der Waals surface area contributed by atoms with E-state index in [0.29, 0.717) is 44.2 Å². The third-order valence-corrected chi connectivity index (χ3v) is 7.00. The maximum absolute atomic E-state index is 13.3. The molecular weight excluding hydrogens is 444 g/mol. The number of amides is 1. The summed E-state index contributed by atoms with van der Waals surface area (Å²) < 4.78 is 45.4. The lowest BCUT2D eigenvalue weighted by atomic mass is 9.98. The van der Waals surface area contributed by atoms with Gasteiger partial charge in [-0.25, -0.2) is 13.1 Å². The summed E-state index contributed by atoms with van der Waals surface area (Å²) >= 11 is 0. The zero-order chi connectivity index (χ0) is 24.0. The fourth-order valence-electron chi connectivity index (χ4n) is 3.77. The van der Waals surface area contributed by atoms with E-state index in [1.807, 2.05) is 38.1 Å². The third-order valence-electron chi connectivity index (χ3n) is 5.53. The smallest absolute Gasteiger partial charge is 0.257 e. The SMILES string of the molecule is COc1ccc(C(CC(C)C)NS(=O)(=O)c2ccc(OC)c(C(=O)N3CCOCC3)c2)cc1. The van der Waals surface area contributed by atoms with Crippen molar-refractivity contribution in [1.82, 2.24) is 9.62 Å². The molecule has 0 spiro atoms. The lowest BCUT2D eigenvalue weighted by molar-refractivity contribution is 0.0300. The average Bonchev–Trinajstić information content (AvgIpc) is 2.83. The van der Waals surface area contributed by atoms with Crippen LogP contribution in [-0.4, -0.2) is 59.7 Å². The molecule has 1 heterocycles. The lowest BCUT2D eigenvalue weighted by Crippen LogP contribution is -2.41. The van der Waals surface area contributed by atoms with Gasteiger partial charge >= 0.3 is 0 Å². The van der Waals surface area contributed by atoms with Crippen LogP contribution in [0.1, 0.15) is 42.2 Å². The Morgan fingerprint density at radius 1 is 1.06 bits per heavy atom. The second-order valence-electron chi connectivity index (χ2n) is 8.34. The molecule has 2 aromatic carbocycles. The van der Waals surface area contributed by atoms with E-state index >= 15 is 0 Å². The average molecular weight is 477 g/mol. The van der Waals surface area contributed by atoms with Crippen LogP contribution >= 0.6 is 0 Å². The quantitative estimate of drug-likeness (QED) is 0.597. The Labute approximate surface area is 195 Å². The van der Waals surface area contributed by atoms with E-state index < -0.39 is 16.1 Å². The van der Waals surface area contributed by atoms with Gasteiger partial charge in [0.05, 0.1) is 37.9 Å². The highest BCUT2D eigenvalue weighted by molar-refractivity contribution is 7.89. The number of rotatable bonds is 9. The Hall–Kier alpha value is -2.62. The van der Waals surface area contributed by atoms with Crippen LogP contribution in [0.15, 0.2) is 47.4 Å². The molecule has 8 nitrogen and oxygen atoms in total. The van der Waals surface area contributed by atoms with E-state index in [9.17, 15) is 13.2 Å². The molecule has 1 aliphatic rings. The largest absolute Gasteiger partial charge is 0.497 e. The first-order valence-electron chi connectivity index (χ1n) is 11.0. The zero-order valence-corrected chi connectivity index (χ0v) is 20.4. The minimum atomic E-state index is -3.91. The minimum Gasteiger partial charge on any atom is -0.497 e. The maximum Gasteiger partial charge on any atom is 0.257 e. The fourth-order valence-corrected chi connectivity index (χ4v) is 5.04. The number of ether oxygens (including phenoxy) is 3. The number of nitrogens with one attached hydrogen (secondary N) is 1. The number of morpholine rings is 1. The van der Waals surface area contributed by atoms with Gasteiger partial charge in [0.1, 0.15) is 11.5 Å². The normalized spacial score (nSPS) is 15.4. The molecule has 0 saturated carbocycles. The van der Waals surface area contributed by atoms with Gasteiger partial charge in [-0.2, -0.15) is 0 Å². The molecular formula is C24H32N2O6S. The summed E-state index contributed by atoms with van der Waals surface area (Å²) in [4.78, 5) is 14.7. The van der Waals surface area contributed by atoms with Crippen LogP contribution in [0.3, 0.4) is 0 Å². The lowest BCUT2D eigenvalue weighted by Gasteiger charge is -2.27. The Morgan fingerprint density at radius 2 is 1.73 bits per heavy atom. The van der Waals surface area contributed by atoms with Gasteiger partial charge < -0.3 is 19.1 Å². The van der Waals surface area contributed by atoms with Gasteiger partial charge in [0.2, 0.25) is 10.0 Å². The van der Waals surface area contributed by atoms with Crippen molar-refractivity contribution in [3.63, 3.8) is 0 Å². The minimum absolute atomic E-state index is 0.0159. The van der Waals surface area contributed by atoms with Crippen molar-refractivity contribution in [2.75, 3.05) is 40.5 Å². The number of hydrogen-bond donors (Lipinski definition) is 1. The number of carbonyl (C=O) groups is 1. The molecule has 0 bridgehead atoms. The number of carbonyl (C=O) groups excluding carboxylic acids is 1. The number of benzene rings is 2. The summed E-state index contributed by atoms with van der Waals surface area (Å²) in [7, 11) is -0.868. The van der Waals surface area contributed by atoms with Gasteiger partial charge in [0.25, 0.3) is 5.91 Å². The number of sulfonamides is 1. The van der Waals surface area contributed by atoms with E-state index in [2.05, 4.69) is 4.72 Å². The predicted molar refractivity (Wildman–Crippen MR) is 125 cm³/mol. The van der Waals surface area contributed by atoms with E-state index in [0.717, 1.165) is 5.56 Å². The van der Waals surface area contributed by atoms with Gasteiger partial charge in [0.15, 0.2) is 0 Å². The molecule has 33 heavy (non-hydrogen) atoms. The van der Waals surface area contributed by atoms with Crippen molar-refractivity contribution in [2.45, 2.75) is 31.2 Å². The van der Waals surface area contributed by atoms with Crippen molar-refractivity contribution in [3.05, 3.63) is 53.6 Å².